The van der Waals surface area contributed by atoms with Crippen molar-refractivity contribution in [1.29, 1.82) is 0 Å². The number of allylic oxidation sites excluding steroid dienone is 2. The van der Waals surface area contributed by atoms with Crippen LogP contribution in [-0.4, -0.2) is 16.5 Å². The van der Waals surface area contributed by atoms with Gasteiger partial charge in [-0.25, -0.2) is 0 Å². The molecule has 1 aliphatic rings. The SMILES string of the molecule is CC1=CC(C)CC(CNc2ccc3nccnc3c2)C1. The van der Waals surface area contributed by atoms with E-state index in [1.807, 2.05) is 6.07 Å². The molecule has 0 saturated heterocycles. The van der Waals surface area contributed by atoms with E-state index in [0.717, 1.165) is 29.2 Å². The van der Waals surface area contributed by atoms with E-state index in [-0.39, 0.29) is 0 Å². The zero-order valence-electron chi connectivity index (χ0n) is 12.1. The maximum Gasteiger partial charge on any atom is 0.0907 e. The minimum atomic E-state index is 0.707. The second-order valence-electron chi connectivity index (χ2n) is 5.94. The smallest absolute Gasteiger partial charge is 0.0907 e. The van der Waals surface area contributed by atoms with Crippen LogP contribution in [0.25, 0.3) is 11.0 Å². The molecule has 20 heavy (non-hydrogen) atoms. The average Bonchev–Trinajstić information content (AvgIpc) is 2.44. The van der Waals surface area contributed by atoms with Gasteiger partial charge in [0.2, 0.25) is 0 Å². The van der Waals surface area contributed by atoms with E-state index in [1.165, 1.54) is 18.4 Å². The maximum atomic E-state index is 4.35. The first-order chi connectivity index (χ1) is 9.70. The van der Waals surface area contributed by atoms with Gasteiger partial charge in [-0.1, -0.05) is 18.6 Å². The highest BCUT2D eigenvalue weighted by Gasteiger charge is 2.17. The molecule has 3 nitrogen and oxygen atoms in total. The fourth-order valence-electron chi connectivity index (χ4n) is 3.18. The molecule has 0 fully saturated rings. The van der Waals surface area contributed by atoms with Crippen LogP contribution in [-0.2, 0) is 0 Å². The maximum absolute atomic E-state index is 4.35. The second kappa shape index (κ2) is 5.61. The first-order valence-corrected chi connectivity index (χ1v) is 7.32. The molecule has 2 unspecified atom stereocenters. The molecule has 2 atom stereocenters. The first-order valence-electron chi connectivity index (χ1n) is 7.32. The van der Waals surface area contributed by atoms with E-state index >= 15 is 0 Å². The van der Waals surface area contributed by atoms with E-state index in [2.05, 4.69) is 47.3 Å². The highest BCUT2D eigenvalue weighted by atomic mass is 14.9. The molecule has 1 aromatic heterocycles. The third kappa shape index (κ3) is 2.98. The van der Waals surface area contributed by atoms with Crippen molar-refractivity contribution in [2.45, 2.75) is 26.7 Å². The van der Waals surface area contributed by atoms with E-state index in [1.54, 1.807) is 12.4 Å². The summed E-state index contributed by atoms with van der Waals surface area (Å²) in [4.78, 5) is 8.64. The van der Waals surface area contributed by atoms with Crippen molar-refractivity contribution < 1.29 is 0 Å². The predicted octanol–water partition coefficient (Wildman–Crippen LogP) is 4.03. The zero-order valence-corrected chi connectivity index (χ0v) is 12.1. The van der Waals surface area contributed by atoms with E-state index in [4.69, 9.17) is 0 Å². The van der Waals surface area contributed by atoms with Gasteiger partial charge in [0.05, 0.1) is 11.0 Å². The van der Waals surface area contributed by atoms with Crippen LogP contribution in [0.1, 0.15) is 26.7 Å². The Balaban J connectivity index is 1.66. The number of nitrogens with one attached hydrogen (secondary N) is 1. The normalized spacial score (nSPS) is 22.6. The van der Waals surface area contributed by atoms with Gasteiger partial charge in [0.15, 0.2) is 0 Å². The molecule has 0 saturated carbocycles. The molecule has 0 spiro atoms. The number of rotatable bonds is 3. The van der Waals surface area contributed by atoms with Gasteiger partial charge in [0.25, 0.3) is 0 Å². The van der Waals surface area contributed by atoms with Crippen LogP contribution in [0.3, 0.4) is 0 Å². The Bertz CT molecular complexity index is 633. The van der Waals surface area contributed by atoms with Crippen molar-refractivity contribution in [3.63, 3.8) is 0 Å². The summed E-state index contributed by atoms with van der Waals surface area (Å²) in [6.07, 6.45) is 8.36. The summed E-state index contributed by atoms with van der Waals surface area (Å²) < 4.78 is 0. The number of hydrogen-bond acceptors (Lipinski definition) is 3. The van der Waals surface area contributed by atoms with Crippen molar-refractivity contribution in [3.8, 4) is 0 Å². The number of hydrogen-bond donors (Lipinski definition) is 1. The lowest BCUT2D eigenvalue weighted by Gasteiger charge is -2.26. The van der Waals surface area contributed by atoms with Gasteiger partial charge in [0.1, 0.15) is 0 Å². The molecule has 1 N–H and O–H groups in total. The van der Waals surface area contributed by atoms with Gasteiger partial charge in [-0.15, -0.1) is 0 Å². The molecule has 1 aromatic carbocycles. The first kappa shape index (κ1) is 13.1. The van der Waals surface area contributed by atoms with Gasteiger partial charge in [-0.05, 0) is 49.8 Å². The molecule has 3 heteroatoms. The van der Waals surface area contributed by atoms with Crippen molar-refractivity contribution >= 4 is 16.7 Å². The molecule has 0 radical (unpaired) electrons. The standard InChI is InChI=1S/C17H21N3/c1-12-7-13(2)9-14(8-12)11-20-15-3-4-16-17(10-15)19-6-5-18-16/h3-7,10,12,14,20H,8-9,11H2,1-2H3. The Morgan fingerprint density at radius 2 is 2.00 bits per heavy atom. The van der Waals surface area contributed by atoms with E-state index in [9.17, 15) is 0 Å². The van der Waals surface area contributed by atoms with E-state index in [0.29, 0.717) is 5.92 Å². The summed E-state index contributed by atoms with van der Waals surface area (Å²) in [6.45, 7) is 5.58. The van der Waals surface area contributed by atoms with Crippen LogP contribution < -0.4 is 5.32 Å². The summed E-state index contributed by atoms with van der Waals surface area (Å²) in [5, 5.41) is 3.55. The van der Waals surface area contributed by atoms with Crippen molar-refractivity contribution in [1.82, 2.24) is 9.97 Å². The number of aromatic nitrogens is 2. The van der Waals surface area contributed by atoms with Crippen LogP contribution in [0.15, 0.2) is 42.2 Å². The fraction of sp³-hybridized carbons (Fsp3) is 0.412. The third-order valence-corrected chi connectivity index (χ3v) is 3.95. The summed E-state index contributed by atoms with van der Waals surface area (Å²) >= 11 is 0. The minimum Gasteiger partial charge on any atom is -0.385 e. The number of fused-ring (bicyclic) bond motifs is 1. The van der Waals surface area contributed by atoms with E-state index < -0.39 is 0 Å². The van der Waals surface area contributed by atoms with Crippen LogP contribution in [0, 0.1) is 11.8 Å². The Labute approximate surface area is 120 Å². The summed E-state index contributed by atoms with van der Waals surface area (Å²) in [5.41, 5.74) is 4.56. The third-order valence-electron chi connectivity index (χ3n) is 3.95. The Hall–Kier alpha value is -1.90. The average molecular weight is 267 g/mol. The molecule has 2 aromatic rings. The van der Waals surface area contributed by atoms with Crippen LogP contribution in [0.5, 0.6) is 0 Å². The molecule has 0 bridgehead atoms. The van der Waals surface area contributed by atoms with Gasteiger partial charge < -0.3 is 5.32 Å². The molecule has 0 aliphatic heterocycles. The van der Waals surface area contributed by atoms with Crippen LogP contribution in [0.4, 0.5) is 5.69 Å². The summed E-state index contributed by atoms with van der Waals surface area (Å²) in [5.74, 6) is 1.44. The number of anilines is 1. The lowest BCUT2D eigenvalue weighted by molar-refractivity contribution is 0.421. The summed E-state index contributed by atoms with van der Waals surface area (Å²) in [6, 6.07) is 6.20. The van der Waals surface area contributed by atoms with Crippen molar-refractivity contribution in [2.75, 3.05) is 11.9 Å². The van der Waals surface area contributed by atoms with Gasteiger partial charge in [-0.2, -0.15) is 0 Å². The monoisotopic (exact) mass is 267 g/mol. The lowest BCUT2D eigenvalue weighted by Crippen LogP contribution is -2.20. The fourth-order valence-corrected chi connectivity index (χ4v) is 3.18. The highest BCUT2D eigenvalue weighted by molar-refractivity contribution is 5.78. The Kier molecular flexibility index (Phi) is 3.68. The second-order valence-corrected chi connectivity index (χ2v) is 5.94. The lowest BCUT2D eigenvalue weighted by atomic mass is 9.84. The molecule has 0 amide bonds. The number of benzene rings is 1. The minimum absolute atomic E-state index is 0.707. The molecular formula is C17H21N3. The van der Waals surface area contributed by atoms with Gasteiger partial charge in [-0.3, -0.25) is 9.97 Å². The molecule has 3 rings (SSSR count). The van der Waals surface area contributed by atoms with Crippen LogP contribution >= 0.6 is 0 Å². The molecule has 1 aliphatic carbocycles. The predicted molar refractivity (Wildman–Crippen MR) is 83.7 cm³/mol. The molecular weight excluding hydrogens is 246 g/mol. The molecule has 1 heterocycles. The zero-order chi connectivity index (χ0) is 13.9. The topological polar surface area (TPSA) is 37.8 Å². The highest BCUT2D eigenvalue weighted by Crippen LogP contribution is 2.28. The molecule has 104 valence electrons. The van der Waals surface area contributed by atoms with Crippen molar-refractivity contribution in [2.24, 2.45) is 11.8 Å². The Morgan fingerprint density at radius 3 is 2.80 bits per heavy atom. The Morgan fingerprint density at radius 1 is 1.20 bits per heavy atom. The summed E-state index contributed by atoms with van der Waals surface area (Å²) in [7, 11) is 0. The largest absolute Gasteiger partial charge is 0.385 e. The van der Waals surface area contributed by atoms with Crippen molar-refractivity contribution in [3.05, 3.63) is 42.2 Å². The number of nitrogens with zero attached hydrogens (tertiary/aromatic N) is 2. The van der Waals surface area contributed by atoms with Gasteiger partial charge >= 0.3 is 0 Å². The quantitative estimate of drug-likeness (QED) is 0.853. The van der Waals surface area contributed by atoms with Gasteiger partial charge in [0, 0.05) is 24.6 Å². The van der Waals surface area contributed by atoms with Crippen LogP contribution in [0.2, 0.25) is 0 Å².